The summed E-state index contributed by atoms with van der Waals surface area (Å²) in [6.45, 7) is 7.36. The average molecular weight is 552 g/mol. The summed E-state index contributed by atoms with van der Waals surface area (Å²) < 4.78 is 61.3. The lowest BCUT2D eigenvalue weighted by atomic mass is 9.96. The van der Waals surface area contributed by atoms with Gasteiger partial charge in [0, 0.05) is 47.8 Å². The quantitative estimate of drug-likeness (QED) is 0.201. The lowest BCUT2D eigenvalue weighted by molar-refractivity contribution is -0.137. The van der Waals surface area contributed by atoms with Gasteiger partial charge in [0.05, 0.1) is 17.8 Å². The number of nitrogens with one attached hydrogen (secondary N) is 3. The monoisotopic (exact) mass is 551 g/mol. The van der Waals surface area contributed by atoms with E-state index < -0.39 is 18.9 Å². The molecule has 0 amide bonds. The first-order valence-electron chi connectivity index (χ1n) is 13.1. The molecular weight excluding hydrogens is 514 g/mol. The molecular formula is C27H37F3N5O2P. The molecule has 3 aromatic rings. The molecule has 1 saturated carbocycles. The van der Waals surface area contributed by atoms with Crippen LogP contribution in [0.25, 0.3) is 22.2 Å². The van der Waals surface area contributed by atoms with Crippen molar-refractivity contribution in [3.05, 3.63) is 35.7 Å². The Hall–Kier alpha value is -2.42. The summed E-state index contributed by atoms with van der Waals surface area (Å²) in [5, 5.41) is 7.46. The van der Waals surface area contributed by atoms with Crippen LogP contribution in [-0.4, -0.2) is 61.1 Å². The third-order valence-electron chi connectivity index (χ3n) is 7.16. The fraction of sp³-hybridized carbons (Fsp3) is 0.556. The fourth-order valence-corrected chi connectivity index (χ4v) is 6.82. The van der Waals surface area contributed by atoms with Gasteiger partial charge in [-0.25, -0.2) is 9.97 Å². The first-order valence-corrected chi connectivity index (χ1v) is 15.7. The first-order chi connectivity index (χ1) is 18.0. The number of aromatic nitrogens is 3. The Balaban J connectivity index is 1.76. The second-order valence-electron chi connectivity index (χ2n) is 10.5. The maximum atomic E-state index is 14.0. The molecule has 38 heavy (non-hydrogen) atoms. The predicted octanol–water partition coefficient (Wildman–Crippen LogP) is 5.98. The number of aromatic amines is 1. The molecule has 1 aliphatic carbocycles. The van der Waals surface area contributed by atoms with Gasteiger partial charge >= 0.3 is 6.18 Å². The van der Waals surface area contributed by atoms with Crippen LogP contribution >= 0.6 is 7.14 Å². The van der Waals surface area contributed by atoms with E-state index >= 15 is 0 Å². The van der Waals surface area contributed by atoms with Crippen molar-refractivity contribution < 1.29 is 22.5 Å². The number of halogens is 3. The van der Waals surface area contributed by atoms with E-state index in [0.29, 0.717) is 35.0 Å². The number of nitrogens with zero attached hydrogens (tertiary/aromatic N) is 2. The molecule has 3 N–H and O–H groups in total. The van der Waals surface area contributed by atoms with E-state index in [1.54, 1.807) is 19.4 Å². The lowest BCUT2D eigenvalue weighted by Crippen LogP contribution is -2.18. The summed E-state index contributed by atoms with van der Waals surface area (Å²) in [5.74, 6) is 0.241. The zero-order valence-electron chi connectivity index (χ0n) is 22.4. The minimum atomic E-state index is -4.62. The van der Waals surface area contributed by atoms with Crippen LogP contribution in [0.5, 0.6) is 0 Å². The zero-order valence-corrected chi connectivity index (χ0v) is 23.3. The van der Waals surface area contributed by atoms with Crippen molar-refractivity contribution in [2.45, 2.75) is 57.2 Å². The number of alkyl halides is 3. The van der Waals surface area contributed by atoms with Gasteiger partial charge < -0.3 is 24.9 Å². The van der Waals surface area contributed by atoms with Crippen LogP contribution in [0.3, 0.4) is 0 Å². The maximum absolute atomic E-state index is 14.0. The van der Waals surface area contributed by atoms with Crippen LogP contribution in [0.1, 0.15) is 56.1 Å². The van der Waals surface area contributed by atoms with E-state index in [1.807, 2.05) is 13.1 Å². The van der Waals surface area contributed by atoms with Crippen molar-refractivity contribution in [2.75, 3.05) is 45.5 Å². The molecule has 1 aromatic carbocycles. The van der Waals surface area contributed by atoms with E-state index in [4.69, 9.17) is 4.74 Å². The molecule has 2 heterocycles. The van der Waals surface area contributed by atoms with Crippen LogP contribution in [0, 0.1) is 0 Å². The van der Waals surface area contributed by atoms with Gasteiger partial charge in [-0.2, -0.15) is 13.2 Å². The Kier molecular flexibility index (Phi) is 8.85. The van der Waals surface area contributed by atoms with Crippen LogP contribution in [0.4, 0.5) is 19.1 Å². The van der Waals surface area contributed by atoms with Gasteiger partial charge in [0.2, 0.25) is 5.95 Å². The minimum absolute atomic E-state index is 0.0518. The smallest absolute Gasteiger partial charge is 0.380 e. The summed E-state index contributed by atoms with van der Waals surface area (Å²) in [5.41, 5.74) is 0.730. The summed E-state index contributed by atoms with van der Waals surface area (Å²) in [6, 6.07) is 3.85. The largest absolute Gasteiger partial charge is 0.419 e. The van der Waals surface area contributed by atoms with Gasteiger partial charge in [0.25, 0.3) is 0 Å². The van der Waals surface area contributed by atoms with E-state index in [2.05, 4.69) is 32.5 Å². The third kappa shape index (κ3) is 6.41. The highest BCUT2D eigenvalue weighted by Crippen LogP contribution is 2.44. The molecule has 1 unspecified atom stereocenters. The van der Waals surface area contributed by atoms with Gasteiger partial charge in [-0.05, 0) is 51.1 Å². The highest BCUT2D eigenvalue weighted by Gasteiger charge is 2.37. The molecule has 2 aromatic heterocycles. The molecule has 4 rings (SSSR count). The number of anilines is 1. The zero-order chi connectivity index (χ0) is 27.5. The second-order valence-corrected chi connectivity index (χ2v) is 13.6. The van der Waals surface area contributed by atoms with E-state index in [0.717, 1.165) is 50.4 Å². The van der Waals surface area contributed by atoms with Gasteiger partial charge in [0.1, 0.15) is 12.7 Å². The van der Waals surface area contributed by atoms with Gasteiger partial charge in [-0.1, -0.05) is 31.9 Å². The van der Waals surface area contributed by atoms with Crippen LogP contribution < -0.4 is 15.9 Å². The van der Waals surface area contributed by atoms with Gasteiger partial charge in [-0.15, -0.1) is 0 Å². The lowest BCUT2D eigenvalue weighted by Gasteiger charge is -2.20. The molecule has 7 nitrogen and oxygen atoms in total. The molecule has 1 atom stereocenters. The van der Waals surface area contributed by atoms with E-state index in [1.165, 1.54) is 6.20 Å². The Morgan fingerprint density at radius 1 is 1.21 bits per heavy atom. The normalized spacial score (nSPS) is 15.9. The van der Waals surface area contributed by atoms with Crippen LogP contribution in [0.2, 0.25) is 0 Å². The summed E-state index contributed by atoms with van der Waals surface area (Å²) >= 11 is 0. The number of fused-ring (bicyclic) bond motifs is 1. The molecule has 0 bridgehead atoms. The summed E-state index contributed by atoms with van der Waals surface area (Å²) in [7, 11) is -0.941. The topological polar surface area (TPSA) is 91.9 Å². The van der Waals surface area contributed by atoms with E-state index in [9.17, 15) is 17.7 Å². The molecule has 1 fully saturated rings. The van der Waals surface area contributed by atoms with Gasteiger partial charge in [0.15, 0.2) is 0 Å². The Bertz CT molecular complexity index is 1300. The van der Waals surface area contributed by atoms with Crippen molar-refractivity contribution in [3.8, 4) is 11.3 Å². The molecule has 11 heteroatoms. The van der Waals surface area contributed by atoms with Crippen molar-refractivity contribution in [3.63, 3.8) is 0 Å². The second kappa shape index (κ2) is 11.8. The standard InChI is InChI=1S/C27H37F3N5O2P/c1-17(11-13-37-14-12-31-2)19-9-10-20-21(15-32-24(20)25(19)38(3,4)36)23-22(27(28,29)30)16-33-26(35-23)34-18-7-5-6-8-18/h9-10,15-18,31-32H,5-8,11-14H2,1-4H3,(H,33,34,35). The number of ether oxygens (including phenoxy) is 1. The van der Waals surface area contributed by atoms with Crippen LogP contribution in [-0.2, 0) is 15.5 Å². The highest BCUT2D eigenvalue weighted by molar-refractivity contribution is 7.70. The maximum Gasteiger partial charge on any atom is 0.419 e. The number of likely N-dealkylation sites (N-methyl/N-ethyl adjacent to an activating group) is 1. The Morgan fingerprint density at radius 2 is 1.95 bits per heavy atom. The first kappa shape index (κ1) is 28.6. The Morgan fingerprint density at radius 3 is 2.61 bits per heavy atom. The number of hydrogen-bond donors (Lipinski definition) is 3. The molecule has 1 aliphatic rings. The molecule has 0 spiro atoms. The van der Waals surface area contributed by atoms with Crippen molar-refractivity contribution in [1.82, 2.24) is 20.3 Å². The number of rotatable bonds is 11. The summed E-state index contributed by atoms with van der Waals surface area (Å²) in [4.78, 5) is 11.5. The van der Waals surface area contributed by atoms with Crippen LogP contribution in [0.15, 0.2) is 24.5 Å². The third-order valence-corrected chi connectivity index (χ3v) is 8.72. The number of hydrogen-bond acceptors (Lipinski definition) is 6. The molecule has 208 valence electrons. The predicted molar refractivity (Wildman–Crippen MR) is 147 cm³/mol. The molecule has 0 aliphatic heterocycles. The highest BCUT2D eigenvalue weighted by atomic mass is 31.2. The number of H-pyrrole nitrogens is 1. The minimum Gasteiger partial charge on any atom is -0.380 e. The molecule has 0 saturated heterocycles. The van der Waals surface area contributed by atoms with Crippen molar-refractivity contribution in [1.29, 1.82) is 0 Å². The van der Waals surface area contributed by atoms with Crippen molar-refractivity contribution in [2.24, 2.45) is 0 Å². The average Bonchev–Trinajstić information content (AvgIpc) is 3.51. The summed E-state index contributed by atoms with van der Waals surface area (Å²) in [6.07, 6.45) is 2.54. The number of benzene rings is 1. The van der Waals surface area contributed by atoms with Gasteiger partial charge in [-0.3, -0.25) is 0 Å². The van der Waals surface area contributed by atoms with E-state index in [-0.39, 0.29) is 23.6 Å². The fourth-order valence-electron chi connectivity index (χ4n) is 5.18. The van der Waals surface area contributed by atoms with Crippen molar-refractivity contribution >= 4 is 29.3 Å². The SMILES string of the molecule is CNCCOCCC(C)c1ccc2c(-c3nc(NC4CCCC4)ncc3C(F)(F)F)c[nH]c2c1P(C)(C)=O. The Labute approximate surface area is 221 Å². The molecule has 0 radical (unpaired) electrons.